The van der Waals surface area contributed by atoms with E-state index in [1.165, 1.54) is 23.3 Å². The third-order valence-electron chi connectivity index (χ3n) is 6.59. The van der Waals surface area contributed by atoms with Crippen molar-refractivity contribution < 1.29 is 13.2 Å². The van der Waals surface area contributed by atoms with Gasteiger partial charge in [0.1, 0.15) is 0 Å². The lowest BCUT2D eigenvalue weighted by Crippen LogP contribution is -2.34. The van der Waals surface area contributed by atoms with E-state index >= 15 is 0 Å². The molecule has 1 aliphatic heterocycles. The van der Waals surface area contributed by atoms with Gasteiger partial charge in [-0.2, -0.15) is 13.2 Å². The van der Waals surface area contributed by atoms with Crippen molar-refractivity contribution in [1.29, 1.82) is 0 Å². The summed E-state index contributed by atoms with van der Waals surface area (Å²) in [4.78, 5) is 4.80. The lowest BCUT2D eigenvalue weighted by Gasteiger charge is -2.28. The van der Waals surface area contributed by atoms with Crippen LogP contribution in [0.4, 0.5) is 18.9 Å². The number of hydrogen-bond donors (Lipinski definition) is 0. The van der Waals surface area contributed by atoms with Crippen molar-refractivity contribution in [2.24, 2.45) is 11.8 Å². The zero-order valence-electron chi connectivity index (χ0n) is 17.2. The molecule has 0 amide bonds. The van der Waals surface area contributed by atoms with E-state index in [1.54, 1.807) is 12.1 Å². The van der Waals surface area contributed by atoms with Crippen molar-refractivity contribution in [3.8, 4) is 0 Å². The van der Waals surface area contributed by atoms with Gasteiger partial charge in [0.15, 0.2) is 0 Å². The van der Waals surface area contributed by atoms with Crippen LogP contribution in [0.1, 0.15) is 16.7 Å². The molecule has 2 aliphatic rings. The predicted octanol–water partition coefficient (Wildman–Crippen LogP) is 5.84. The molecule has 160 valence electrons. The molecule has 3 aromatic carbocycles. The molecule has 0 aromatic heterocycles. The number of piperidine rings is 1. The molecule has 31 heavy (non-hydrogen) atoms. The minimum Gasteiger partial charge on any atom is -0.371 e. The molecule has 1 aliphatic carbocycles. The molecule has 3 aromatic rings. The minimum absolute atomic E-state index is 0.520. The molecule has 2 fully saturated rings. The summed E-state index contributed by atoms with van der Waals surface area (Å²) < 4.78 is 38.5. The molecule has 0 radical (unpaired) electrons. The van der Waals surface area contributed by atoms with Crippen LogP contribution in [0.3, 0.4) is 0 Å². The average Bonchev–Trinajstić information content (AvgIpc) is 3.27. The Morgan fingerprint density at radius 1 is 0.710 bits per heavy atom. The van der Waals surface area contributed by atoms with Gasteiger partial charge in [-0.15, -0.1) is 0 Å². The van der Waals surface area contributed by atoms with Crippen molar-refractivity contribution >= 4 is 5.69 Å². The molecular weight excluding hydrogens is 397 g/mol. The van der Waals surface area contributed by atoms with E-state index in [-0.39, 0.29) is 0 Å². The predicted molar refractivity (Wildman–Crippen MR) is 117 cm³/mol. The number of anilines is 1. The van der Waals surface area contributed by atoms with Gasteiger partial charge in [0.05, 0.1) is 5.56 Å². The summed E-state index contributed by atoms with van der Waals surface area (Å²) in [5.41, 5.74) is 2.91. The standard InChI is InChI=1S/C26H25F3N2/c27-26(28,29)21-11-13-22(14-12-21)30-17-23-24(18-30)25(23)31(15-19-7-3-1-4-8-19)16-20-9-5-2-6-10-20/h1-14,23-25H,15-18H2. The van der Waals surface area contributed by atoms with E-state index in [2.05, 4.69) is 58.3 Å². The van der Waals surface area contributed by atoms with Crippen LogP contribution in [0, 0.1) is 11.8 Å². The average molecular weight is 422 g/mol. The second-order valence-electron chi connectivity index (χ2n) is 8.64. The van der Waals surface area contributed by atoms with E-state index in [9.17, 15) is 13.2 Å². The second-order valence-corrected chi connectivity index (χ2v) is 8.64. The van der Waals surface area contributed by atoms with Crippen LogP contribution in [-0.4, -0.2) is 24.0 Å². The normalized spacial score (nSPS) is 22.6. The molecule has 0 spiro atoms. The van der Waals surface area contributed by atoms with Crippen LogP contribution < -0.4 is 4.90 Å². The number of halogens is 3. The summed E-state index contributed by atoms with van der Waals surface area (Å²) in [6.07, 6.45) is -4.29. The summed E-state index contributed by atoms with van der Waals surface area (Å²) >= 11 is 0. The maximum Gasteiger partial charge on any atom is 0.416 e. The monoisotopic (exact) mass is 422 g/mol. The summed E-state index contributed by atoms with van der Waals surface area (Å²) in [5, 5.41) is 0. The Morgan fingerprint density at radius 2 is 1.19 bits per heavy atom. The van der Waals surface area contributed by atoms with Gasteiger partial charge in [-0.3, -0.25) is 4.90 Å². The zero-order valence-corrected chi connectivity index (χ0v) is 17.2. The number of fused-ring (bicyclic) bond motifs is 1. The van der Waals surface area contributed by atoms with Gasteiger partial charge in [0, 0.05) is 37.9 Å². The van der Waals surface area contributed by atoms with Crippen LogP contribution in [0.5, 0.6) is 0 Å². The highest BCUT2D eigenvalue weighted by Crippen LogP contribution is 2.50. The molecule has 1 heterocycles. The summed E-state index contributed by atoms with van der Waals surface area (Å²) in [7, 11) is 0. The molecule has 1 saturated heterocycles. The molecule has 5 rings (SSSR count). The first-order valence-electron chi connectivity index (χ1n) is 10.7. The molecule has 2 nitrogen and oxygen atoms in total. The van der Waals surface area contributed by atoms with E-state index in [1.807, 2.05) is 12.1 Å². The van der Waals surface area contributed by atoms with Crippen LogP contribution in [0.15, 0.2) is 84.9 Å². The Labute approximate surface area is 180 Å². The smallest absolute Gasteiger partial charge is 0.371 e. The van der Waals surface area contributed by atoms with Gasteiger partial charge in [0.25, 0.3) is 0 Å². The molecule has 5 heteroatoms. The van der Waals surface area contributed by atoms with Crippen LogP contribution in [0.2, 0.25) is 0 Å². The van der Waals surface area contributed by atoms with Crippen LogP contribution in [0.25, 0.3) is 0 Å². The Hall–Kier alpha value is -2.79. The third kappa shape index (κ3) is 4.33. The van der Waals surface area contributed by atoms with Crippen molar-refractivity contribution in [1.82, 2.24) is 4.90 Å². The first-order chi connectivity index (χ1) is 15.0. The fourth-order valence-electron chi connectivity index (χ4n) is 5.01. The Bertz CT molecular complexity index is 949. The van der Waals surface area contributed by atoms with Gasteiger partial charge >= 0.3 is 6.18 Å². The number of rotatable bonds is 6. The summed E-state index contributed by atoms with van der Waals surface area (Å²) in [6.45, 7) is 3.63. The van der Waals surface area contributed by atoms with Gasteiger partial charge in [-0.05, 0) is 47.2 Å². The second kappa shape index (κ2) is 8.04. The Balaban J connectivity index is 1.27. The van der Waals surface area contributed by atoms with Gasteiger partial charge in [-0.25, -0.2) is 0 Å². The van der Waals surface area contributed by atoms with E-state index in [0.29, 0.717) is 17.9 Å². The highest BCUT2D eigenvalue weighted by Gasteiger charge is 2.58. The van der Waals surface area contributed by atoms with Crippen molar-refractivity contribution in [3.63, 3.8) is 0 Å². The fourth-order valence-corrected chi connectivity index (χ4v) is 5.01. The maximum absolute atomic E-state index is 12.8. The van der Waals surface area contributed by atoms with E-state index < -0.39 is 11.7 Å². The highest BCUT2D eigenvalue weighted by atomic mass is 19.4. The third-order valence-corrected chi connectivity index (χ3v) is 6.59. The van der Waals surface area contributed by atoms with Gasteiger partial charge in [-0.1, -0.05) is 60.7 Å². The van der Waals surface area contributed by atoms with Gasteiger partial charge < -0.3 is 4.90 Å². The van der Waals surface area contributed by atoms with Gasteiger partial charge in [0.2, 0.25) is 0 Å². The van der Waals surface area contributed by atoms with Crippen LogP contribution in [-0.2, 0) is 19.3 Å². The van der Waals surface area contributed by atoms with Crippen LogP contribution >= 0.6 is 0 Å². The molecular formula is C26H25F3N2. The highest BCUT2D eigenvalue weighted by molar-refractivity contribution is 5.51. The first-order valence-corrected chi connectivity index (χ1v) is 10.7. The van der Waals surface area contributed by atoms with E-state index in [0.717, 1.165) is 31.9 Å². The molecule has 1 saturated carbocycles. The minimum atomic E-state index is -4.29. The quantitative estimate of drug-likeness (QED) is 0.492. The molecule has 2 unspecified atom stereocenters. The SMILES string of the molecule is FC(F)(F)c1ccc(N2CC3C(C2)C3N(Cc2ccccc2)Cc2ccccc2)cc1. The topological polar surface area (TPSA) is 6.48 Å². The largest absolute Gasteiger partial charge is 0.416 e. The molecule has 2 atom stereocenters. The Kier molecular flexibility index (Phi) is 5.22. The number of nitrogens with zero attached hydrogens (tertiary/aromatic N) is 2. The first kappa shape index (κ1) is 20.1. The fraction of sp³-hybridized carbons (Fsp3) is 0.308. The lowest BCUT2D eigenvalue weighted by atomic mass is 10.1. The van der Waals surface area contributed by atoms with Crippen molar-refractivity contribution in [2.75, 3.05) is 18.0 Å². The van der Waals surface area contributed by atoms with Crippen molar-refractivity contribution in [3.05, 3.63) is 102 Å². The number of hydrogen-bond acceptors (Lipinski definition) is 2. The zero-order chi connectivity index (χ0) is 21.4. The molecule has 0 N–H and O–H groups in total. The summed E-state index contributed by atoms with van der Waals surface area (Å²) in [6, 6.07) is 27.2. The number of alkyl halides is 3. The van der Waals surface area contributed by atoms with Crippen molar-refractivity contribution in [2.45, 2.75) is 25.3 Å². The molecule has 0 bridgehead atoms. The van der Waals surface area contributed by atoms with E-state index in [4.69, 9.17) is 0 Å². The lowest BCUT2D eigenvalue weighted by molar-refractivity contribution is -0.137. The maximum atomic E-state index is 12.8. The number of benzene rings is 3. The Morgan fingerprint density at radius 3 is 1.65 bits per heavy atom. The summed E-state index contributed by atoms with van der Waals surface area (Å²) in [5.74, 6) is 1.13.